The topological polar surface area (TPSA) is 103 Å². The van der Waals surface area contributed by atoms with E-state index in [1.54, 1.807) is 13.8 Å². The molecular formula is C18H16F3N5O3. The van der Waals surface area contributed by atoms with Crippen molar-refractivity contribution in [3.05, 3.63) is 59.2 Å². The number of halogens is 3. The van der Waals surface area contributed by atoms with Gasteiger partial charge in [-0.1, -0.05) is 42.4 Å². The predicted octanol–water partition coefficient (Wildman–Crippen LogP) is 3.74. The molecule has 1 amide bonds. The third-order valence-corrected chi connectivity index (χ3v) is 4.11. The molecule has 0 aliphatic rings. The maximum absolute atomic E-state index is 12.7. The SMILES string of the molecule is CCC(=O)c1cc(C(=O)Nc2nnc(C(F)(F)F)o2)n([C@@H](C)c2ccccc2)n1. The van der Waals surface area contributed by atoms with Crippen molar-refractivity contribution in [3.63, 3.8) is 0 Å². The van der Waals surface area contributed by atoms with E-state index in [0.717, 1.165) is 5.56 Å². The first-order valence-electron chi connectivity index (χ1n) is 8.60. The number of Topliss-reactive ketones (excluding diaryl/α,β-unsaturated/α-hetero) is 1. The van der Waals surface area contributed by atoms with Crippen molar-refractivity contribution in [2.75, 3.05) is 5.32 Å². The molecule has 0 unspecified atom stereocenters. The van der Waals surface area contributed by atoms with Crippen molar-refractivity contribution >= 4 is 17.7 Å². The number of carbonyl (C=O) groups is 2. The van der Waals surface area contributed by atoms with Crippen LogP contribution < -0.4 is 5.32 Å². The summed E-state index contributed by atoms with van der Waals surface area (Å²) in [6.45, 7) is 3.42. The molecule has 0 saturated carbocycles. The number of ketones is 1. The van der Waals surface area contributed by atoms with Gasteiger partial charge in [0, 0.05) is 12.5 Å². The summed E-state index contributed by atoms with van der Waals surface area (Å²) in [6, 6.07) is 9.23. The number of anilines is 1. The molecule has 1 atom stereocenters. The van der Waals surface area contributed by atoms with Gasteiger partial charge < -0.3 is 4.42 Å². The molecule has 1 N–H and O–H groups in total. The molecule has 152 valence electrons. The van der Waals surface area contributed by atoms with E-state index in [0.29, 0.717) is 0 Å². The zero-order valence-corrected chi connectivity index (χ0v) is 15.4. The van der Waals surface area contributed by atoms with E-state index < -0.39 is 30.0 Å². The maximum Gasteiger partial charge on any atom is 0.470 e. The van der Waals surface area contributed by atoms with Crippen LogP contribution in [0.1, 0.15) is 58.7 Å². The molecule has 0 aliphatic carbocycles. The van der Waals surface area contributed by atoms with Gasteiger partial charge in [0.15, 0.2) is 5.78 Å². The van der Waals surface area contributed by atoms with E-state index in [1.807, 2.05) is 30.3 Å². The number of alkyl halides is 3. The number of hydrogen-bond donors (Lipinski definition) is 1. The van der Waals surface area contributed by atoms with E-state index in [2.05, 4.69) is 25.0 Å². The van der Waals surface area contributed by atoms with E-state index >= 15 is 0 Å². The molecule has 8 nitrogen and oxygen atoms in total. The molecule has 0 radical (unpaired) electrons. The minimum Gasteiger partial charge on any atom is -0.399 e. The van der Waals surface area contributed by atoms with Crippen LogP contribution >= 0.6 is 0 Å². The Morgan fingerprint density at radius 3 is 2.48 bits per heavy atom. The highest BCUT2D eigenvalue weighted by atomic mass is 19.4. The normalized spacial score (nSPS) is 12.6. The molecule has 0 spiro atoms. The third kappa shape index (κ3) is 4.33. The summed E-state index contributed by atoms with van der Waals surface area (Å²) in [5.41, 5.74) is 0.851. The van der Waals surface area contributed by atoms with Crippen LogP contribution in [-0.2, 0) is 6.18 Å². The van der Waals surface area contributed by atoms with Crippen molar-refractivity contribution < 1.29 is 27.2 Å². The van der Waals surface area contributed by atoms with Crippen molar-refractivity contribution in [1.82, 2.24) is 20.0 Å². The second-order valence-electron chi connectivity index (χ2n) is 6.09. The monoisotopic (exact) mass is 407 g/mol. The minimum atomic E-state index is -4.83. The molecular weight excluding hydrogens is 391 g/mol. The van der Waals surface area contributed by atoms with Gasteiger partial charge in [-0.3, -0.25) is 19.6 Å². The van der Waals surface area contributed by atoms with Gasteiger partial charge >= 0.3 is 18.1 Å². The fourth-order valence-corrected chi connectivity index (χ4v) is 2.60. The Kier molecular flexibility index (Phi) is 5.48. The Hall–Kier alpha value is -3.50. The molecule has 3 aromatic rings. The number of aromatic nitrogens is 4. The standard InChI is InChI=1S/C18H16F3N5O3/c1-3-14(27)12-9-13(26(25-12)10(2)11-7-5-4-6-8-11)15(28)22-17-24-23-16(29-17)18(19,20)21/h4-10H,3H2,1-2H3,(H,22,24,28)/t10-/m0/s1. The number of nitrogens with zero attached hydrogens (tertiary/aromatic N) is 4. The first kappa shape index (κ1) is 20.2. The smallest absolute Gasteiger partial charge is 0.399 e. The Morgan fingerprint density at radius 2 is 1.90 bits per heavy atom. The Balaban J connectivity index is 1.94. The molecule has 3 rings (SSSR count). The van der Waals surface area contributed by atoms with Gasteiger partial charge in [0.1, 0.15) is 11.4 Å². The van der Waals surface area contributed by atoms with Crippen LogP contribution in [0.4, 0.5) is 19.2 Å². The Morgan fingerprint density at radius 1 is 1.21 bits per heavy atom. The summed E-state index contributed by atoms with van der Waals surface area (Å²) in [7, 11) is 0. The first-order chi connectivity index (χ1) is 13.7. The highest BCUT2D eigenvalue weighted by Gasteiger charge is 2.38. The van der Waals surface area contributed by atoms with Crippen LogP contribution in [0.25, 0.3) is 0 Å². The van der Waals surface area contributed by atoms with Gasteiger partial charge in [-0.2, -0.15) is 18.3 Å². The summed E-state index contributed by atoms with van der Waals surface area (Å²) in [6.07, 6.45) is -4.66. The maximum atomic E-state index is 12.7. The van der Waals surface area contributed by atoms with E-state index in [1.165, 1.54) is 10.7 Å². The molecule has 2 heterocycles. The molecule has 11 heteroatoms. The molecule has 0 bridgehead atoms. The Labute approximate surface area is 162 Å². The molecule has 2 aromatic heterocycles. The highest BCUT2D eigenvalue weighted by molar-refractivity contribution is 6.04. The van der Waals surface area contributed by atoms with Crippen LogP contribution in [0.5, 0.6) is 0 Å². The van der Waals surface area contributed by atoms with E-state index in [9.17, 15) is 22.8 Å². The van der Waals surface area contributed by atoms with Gasteiger partial charge in [-0.05, 0) is 12.5 Å². The third-order valence-electron chi connectivity index (χ3n) is 4.11. The number of nitrogens with one attached hydrogen (secondary N) is 1. The largest absolute Gasteiger partial charge is 0.470 e. The van der Waals surface area contributed by atoms with Crippen molar-refractivity contribution in [1.29, 1.82) is 0 Å². The summed E-state index contributed by atoms with van der Waals surface area (Å²) in [4.78, 5) is 24.7. The molecule has 0 saturated heterocycles. The number of hydrogen-bond acceptors (Lipinski definition) is 6. The van der Waals surface area contributed by atoms with Crippen LogP contribution in [0.15, 0.2) is 40.8 Å². The average molecular weight is 407 g/mol. The van der Waals surface area contributed by atoms with Crippen LogP contribution in [0, 0.1) is 0 Å². The van der Waals surface area contributed by atoms with Gasteiger partial charge in [0.05, 0.1) is 6.04 Å². The van der Waals surface area contributed by atoms with Crippen LogP contribution in [-0.4, -0.2) is 31.7 Å². The van der Waals surface area contributed by atoms with Crippen LogP contribution in [0.2, 0.25) is 0 Å². The molecule has 0 aliphatic heterocycles. The van der Waals surface area contributed by atoms with Crippen molar-refractivity contribution in [3.8, 4) is 0 Å². The quantitative estimate of drug-likeness (QED) is 0.625. The van der Waals surface area contributed by atoms with Crippen molar-refractivity contribution in [2.24, 2.45) is 0 Å². The average Bonchev–Trinajstić information content (AvgIpc) is 3.34. The zero-order valence-electron chi connectivity index (χ0n) is 15.4. The number of benzene rings is 1. The second-order valence-corrected chi connectivity index (χ2v) is 6.09. The lowest BCUT2D eigenvalue weighted by Gasteiger charge is -2.15. The zero-order chi connectivity index (χ0) is 21.2. The second kappa shape index (κ2) is 7.86. The highest BCUT2D eigenvalue weighted by Crippen LogP contribution is 2.29. The molecule has 29 heavy (non-hydrogen) atoms. The molecule has 0 fully saturated rings. The van der Waals surface area contributed by atoms with Gasteiger partial charge in [0.2, 0.25) is 0 Å². The first-order valence-corrected chi connectivity index (χ1v) is 8.60. The number of amides is 1. The van der Waals surface area contributed by atoms with Crippen molar-refractivity contribution in [2.45, 2.75) is 32.5 Å². The van der Waals surface area contributed by atoms with Gasteiger partial charge in [-0.15, -0.1) is 5.10 Å². The lowest BCUT2D eigenvalue weighted by atomic mass is 10.1. The Bertz CT molecular complexity index is 1030. The predicted molar refractivity (Wildman–Crippen MR) is 94.4 cm³/mol. The summed E-state index contributed by atoms with van der Waals surface area (Å²) in [5.74, 6) is -2.70. The molecule has 1 aromatic carbocycles. The lowest BCUT2D eigenvalue weighted by molar-refractivity contribution is -0.156. The van der Waals surface area contributed by atoms with Crippen LogP contribution in [0.3, 0.4) is 0 Å². The summed E-state index contributed by atoms with van der Waals surface area (Å²) in [5, 5.41) is 12.4. The number of carbonyl (C=O) groups excluding carboxylic acids is 2. The van der Waals surface area contributed by atoms with E-state index in [-0.39, 0.29) is 23.6 Å². The lowest BCUT2D eigenvalue weighted by Crippen LogP contribution is -2.20. The van der Waals surface area contributed by atoms with E-state index in [4.69, 9.17) is 0 Å². The summed E-state index contributed by atoms with van der Waals surface area (Å²) < 4.78 is 43.5. The minimum absolute atomic E-state index is 0.0371. The fraction of sp³-hybridized carbons (Fsp3) is 0.278. The fourth-order valence-electron chi connectivity index (χ4n) is 2.60. The van der Waals surface area contributed by atoms with Gasteiger partial charge in [0.25, 0.3) is 5.91 Å². The number of rotatable bonds is 6. The van der Waals surface area contributed by atoms with Gasteiger partial charge in [-0.25, -0.2) is 0 Å². The summed E-state index contributed by atoms with van der Waals surface area (Å²) >= 11 is 0.